The third-order valence-electron chi connectivity index (χ3n) is 4.79. The van der Waals surface area contributed by atoms with Gasteiger partial charge in [0.05, 0.1) is 20.3 Å². The predicted molar refractivity (Wildman–Crippen MR) is 109 cm³/mol. The van der Waals surface area contributed by atoms with Gasteiger partial charge in [-0.15, -0.1) is 0 Å². The van der Waals surface area contributed by atoms with E-state index in [1.165, 1.54) is 0 Å². The highest BCUT2D eigenvalue weighted by molar-refractivity contribution is 7.80. The Kier molecular flexibility index (Phi) is 5.46. The molecule has 0 radical (unpaired) electrons. The Balaban J connectivity index is 2.15. The van der Waals surface area contributed by atoms with Crippen LogP contribution in [0.5, 0.6) is 11.5 Å². The van der Waals surface area contributed by atoms with E-state index >= 15 is 0 Å². The fourth-order valence-corrected chi connectivity index (χ4v) is 3.42. The Bertz CT molecular complexity index is 909. The largest absolute Gasteiger partial charge is 0.497 e. The van der Waals surface area contributed by atoms with Gasteiger partial charge in [0.2, 0.25) is 0 Å². The van der Waals surface area contributed by atoms with Crippen molar-refractivity contribution in [1.29, 1.82) is 0 Å². The lowest BCUT2D eigenvalue weighted by molar-refractivity contribution is 0.102. The van der Waals surface area contributed by atoms with Crippen molar-refractivity contribution in [2.75, 3.05) is 21.3 Å². The average Bonchev–Trinajstić information content (AvgIpc) is 2.71. The molecule has 27 heavy (non-hydrogen) atoms. The highest BCUT2D eigenvalue weighted by Crippen LogP contribution is 2.38. The molecule has 0 amide bonds. The topological polar surface area (TPSA) is 50.8 Å². The van der Waals surface area contributed by atoms with Gasteiger partial charge >= 0.3 is 0 Å². The van der Waals surface area contributed by atoms with E-state index < -0.39 is 6.04 Å². The van der Waals surface area contributed by atoms with Gasteiger partial charge in [-0.2, -0.15) is 0 Å². The van der Waals surface area contributed by atoms with Crippen molar-refractivity contribution in [1.82, 2.24) is 10.2 Å². The van der Waals surface area contributed by atoms with Gasteiger partial charge in [0.25, 0.3) is 0 Å². The quantitative estimate of drug-likeness (QED) is 0.628. The molecule has 1 aliphatic rings. The molecule has 2 aromatic carbocycles. The van der Waals surface area contributed by atoms with Crippen molar-refractivity contribution in [3.63, 3.8) is 0 Å². The number of hydrogen-bond donors (Lipinski definition) is 1. The molecular weight excluding hydrogens is 360 g/mol. The van der Waals surface area contributed by atoms with Crippen LogP contribution in [0.1, 0.15) is 28.9 Å². The van der Waals surface area contributed by atoms with Gasteiger partial charge in [-0.3, -0.25) is 4.79 Å². The van der Waals surface area contributed by atoms with Crippen molar-refractivity contribution in [2.24, 2.45) is 0 Å². The standard InChI is InChI=1S/C21H22N2O3S/c1-13-18(20(24)14-8-6-5-7-9-14)19(22-21(27)23(13)2)16-11-10-15(25-3)12-17(16)26-4/h5-12,19H,1-4H3,(H,22,27). The van der Waals surface area contributed by atoms with Crippen LogP contribution in [0, 0.1) is 0 Å². The van der Waals surface area contributed by atoms with Crippen LogP contribution in [0.25, 0.3) is 0 Å². The molecule has 0 aromatic heterocycles. The first-order valence-corrected chi connectivity index (χ1v) is 8.95. The summed E-state index contributed by atoms with van der Waals surface area (Å²) >= 11 is 5.47. The molecule has 1 N–H and O–H groups in total. The Morgan fingerprint density at radius 1 is 1.11 bits per heavy atom. The van der Waals surface area contributed by atoms with Crippen LogP contribution in [0.4, 0.5) is 0 Å². The van der Waals surface area contributed by atoms with Crippen molar-refractivity contribution < 1.29 is 14.3 Å². The maximum atomic E-state index is 13.3. The number of allylic oxidation sites excluding steroid dienone is 1. The molecule has 1 heterocycles. The number of carbonyl (C=O) groups is 1. The van der Waals surface area contributed by atoms with Crippen LogP contribution in [0.2, 0.25) is 0 Å². The van der Waals surface area contributed by atoms with Crippen molar-refractivity contribution in [3.05, 3.63) is 70.9 Å². The number of carbonyl (C=O) groups excluding carboxylic acids is 1. The molecule has 2 aromatic rings. The molecule has 0 saturated carbocycles. The fourth-order valence-electron chi connectivity index (χ4n) is 3.16. The van der Waals surface area contributed by atoms with Crippen molar-refractivity contribution in [2.45, 2.75) is 13.0 Å². The molecule has 0 spiro atoms. The Morgan fingerprint density at radius 3 is 2.44 bits per heavy atom. The van der Waals surface area contributed by atoms with Gasteiger partial charge in [-0.25, -0.2) is 0 Å². The summed E-state index contributed by atoms with van der Waals surface area (Å²) in [6, 6.07) is 14.4. The Morgan fingerprint density at radius 2 is 1.81 bits per heavy atom. The summed E-state index contributed by atoms with van der Waals surface area (Å²) in [6.45, 7) is 1.91. The van der Waals surface area contributed by atoms with E-state index in [0.29, 0.717) is 27.7 Å². The normalized spacial score (nSPS) is 16.8. The van der Waals surface area contributed by atoms with Crippen LogP contribution in [-0.4, -0.2) is 37.1 Å². The maximum Gasteiger partial charge on any atom is 0.193 e. The zero-order valence-corrected chi connectivity index (χ0v) is 16.6. The highest BCUT2D eigenvalue weighted by Gasteiger charge is 2.34. The number of ketones is 1. The van der Waals surface area contributed by atoms with Crippen LogP contribution in [0.3, 0.4) is 0 Å². The van der Waals surface area contributed by atoms with Gasteiger partial charge in [0.1, 0.15) is 11.5 Å². The summed E-state index contributed by atoms with van der Waals surface area (Å²) in [5.41, 5.74) is 2.91. The van der Waals surface area contributed by atoms with Gasteiger partial charge in [-0.1, -0.05) is 30.3 Å². The van der Waals surface area contributed by atoms with Crippen LogP contribution < -0.4 is 14.8 Å². The van der Waals surface area contributed by atoms with E-state index in [9.17, 15) is 4.79 Å². The third kappa shape index (κ3) is 3.53. The third-order valence-corrected chi connectivity index (χ3v) is 5.18. The van der Waals surface area contributed by atoms with Crippen molar-refractivity contribution in [3.8, 4) is 11.5 Å². The van der Waals surface area contributed by atoms with E-state index in [1.54, 1.807) is 20.3 Å². The van der Waals surface area contributed by atoms with Gasteiger partial charge in [0.15, 0.2) is 10.9 Å². The average molecular weight is 382 g/mol. The van der Waals surface area contributed by atoms with Gasteiger partial charge in [-0.05, 0) is 31.3 Å². The van der Waals surface area contributed by atoms with E-state index in [1.807, 2.05) is 61.3 Å². The monoisotopic (exact) mass is 382 g/mol. The molecular formula is C21H22N2O3S. The molecule has 0 fully saturated rings. The number of nitrogens with zero attached hydrogens (tertiary/aromatic N) is 1. The van der Waals surface area contributed by atoms with E-state index in [4.69, 9.17) is 21.7 Å². The first-order valence-electron chi connectivity index (χ1n) is 8.54. The molecule has 1 atom stereocenters. The number of nitrogens with one attached hydrogen (secondary N) is 1. The molecule has 0 aliphatic carbocycles. The zero-order valence-electron chi connectivity index (χ0n) is 15.8. The van der Waals surface area contributed by atoms with Crippen LogP contribution >= 0.6 is 12.2 Å². The summed E-state index contributed by atoms with van der Waals surface area (Å²) in [5.74, 6) is 1.27. The summed E-state index contributed by atoms with van der Waals surface area (Å²) in [7, 11) is 5.05. The van der Waals surface area contributed by atoms with E-state index in [0.717, 1.165) is 11.3 Å². The molecule has 140 valence electrons. The predicted octanol–water partition coefficient (Wildman–Crippen LogP) is 3.72. The number of hydrogen-bond acceptors (Lipinski definition) is 4. The van der Waals surface area contributed by atoms with Crippen LogP contribution in [0.15, 0.2) is 59.8 Å². The number of benzene rings is 2. The smallest absolute Gasteiger partial charge is 0.193 e. The lowest BCUT2D eigenvalue weighted by atomic mass is 9.89. The SMILES string of the molecule is COc1ccc(C2NC(=S)N(C)C(C)=C2C(=O)c2ccccc2)c(OC)c1. The molecule has 6 heteroatoms. The molecule has 5 nitrogen and oxygen atoms in total. The Hall–Kier alpha value is -2.86. The van der Waals surface area contributed by atoms with Gasteiger partial charge in [0, 0.05) is 35.5 Å². The minimum atomic E-state index is -0.415. The van der Waals surface area contributed by atoms with E-state index in [-0.39, 0.29) is 5.78 Å². The molecule has 1 unspecified atom stereocenters. The highest BCUT2D eigenvalue weighted by atomic mass is 32.1. The second-order valence-corrected chi connectivity index (χ2v) is 6.63. The lowest BCUT2D eigenvalue weighted by Gasteiger charge is -2.36. The number of thiocarbonyl (C=S) groups is 1. The first-order chi connectivity index (χ1) is 13.0. The first kappa shape index (κ1) is 18.9. The summed E-state index contributed by atoms with van der Waals surface area (Å²) in [6.07, 6.45) is 0. The molecule has 3 rings (SSSR count). The second-order valence-electron chi connectivity index (χ2n) is 6.24. The Labute approximate surface area is 164 Å². The van der Waals surface area contributed by atoms with E-state index in [2.05, 4.69) is 5.32 Å². The van der Waals surface area contributed by atoms with Crippen LogP contribution in [-0.2, 0) is 0 Å². The summed E-state index contributed by atoms with van der Waals surface area (Å²) < 4.78 is 10.8. The maximum absolute atomic E-state index is 13.3. The second kappa shape index (κ2) is 7.80. The zero-order chi connectivity index (χ0) is 19.6. The van der Waals surface area contributed by atoms with Crippen molar-refractivity contribution >= 4 is 23.1 Å². The molecule has 0 bridgehead atoms. The number of methoxy groups -OCH3 is 2. The minimum absolute atomic E-state index is 0.0437. The molecule has 1 aliphatic heterocycles. The van der Waals surface area contributed by atoms with Gasteiger partial charge < -0.3 is 19.7 Å². The number of rotatable bonds is 5. The lowest BCUT2D eigenvalue weighted by Crippen LogP contribution is -2.45. The fraction of sp³-hybridized carbons (Fsp3) is 0.238. The summed E-state index contributed by atoms with van der Waals surface area (Å²) in [5, 5.41) is 3.84. The molecule has 0 saturated heterocycles. The number of ether oxygens (including phenoxy) is 2. The summed E-state index contributed by atoms with van der Waals surface area (Å²) in [4.78, 5) is 15.2. The minimum Gasteiger partial charge on any atom is -0.497 e. The number of Topliss-reactive ketones (excluding diaryl/α,β-unsaturated/α-hetero) is 1.